The molecule has 0 fully saturated rings. The van der Waals surface area contributed by atoms with Gasteiger partial charge in [-0.15, -0.1) is 0 Å². The molecule has 0 aliphatic heterocycles. The largest absolute Gasteiger partial charge is 0.497 e. The van der Waals surface area contributed by atoms with Gasteiger partial charge in [0.05, 0.1) is 7.11 Å². The summed E-state index contributed by atoms with van der Waals surface area (Å²) in [6.45, 7) is 2.13. The van der Waals surface area contributed by atoms with Crippen molar-refractivity contribution in [2.75, 3.05) is 7.11 Å². The van der Waals surface area contributed by atoms with E-state index in [2.05, 4.69) is 20.4 Å². The van der Waals surface area contributed by atoms with E-state index in [1.165, 1.54) is 17.3 Å². The minimum Gasteiger partial charge on any atom is -0.497 e. The highest BCUT2D eigenvalue weighted by atomic mass is 16.5. The second-order valence-electron chi connectivity index (χ2n) is 5.55. The van der Waals surface area contributed by atoms with E-state index in [1.54, 1.807) is 38.4 Å². The Labute approximate surface area is 150 Å². The van der Waals surface area contributed by atoms with Crippen LogP contribution in [0.5, 0.6) is 17.4 Å². The lowest BCUT2D eigenvalue weighted by atomic mass is 10.2. The standard InChI is InChI=1S/C18H19N5O3/c1-13(23-12-19-11-22-23)18(24)21-10-14-3-8-17(20-9-14)26-16-6-4-15(25-2)5-7-16/h3-9,11-13H,10H2,1-2H3,(H,21,24)/t13-/m0/s1. The number of aromatic nitrogens is 4. The number of nitrogens with zero attached hydrogens (tertiary/aromatic N) is 4. The normalized spacial score (nSPS) is 11.6. The quantitative estimate of drug-likeness (QED) is 0.701. The Morgan fingerprint density at radius 2 is 1.96 bits per heavy atom. The van der Waals surface area contributed by atoms with E-state index < -0.39 is 6.04 Å². The van der Waals surface area contributed by atoms with E-state index in [0.29, 0.717) is 18.2 Å². The number of methoxy groups -OCH3 is 1. The topological polar surface area (TPSA) is 91.2 Å². The van der Waals surface area contributed by atoms with Crippen molar-refractivity contribution in [2.24, 2.45) is 0 Å². The number of carbonyl (C=O) groups is 1. The first kappa shape index (κ1) is 17.4. The van der Waals surface area contributed by atoms with Gasteiger partial charge in [0.2, 0.25) is 11.8 Å². The maximum absolute atomic E-state index is 12.1. The Morgan fingerprint density at radius 3 is 2.58 bits per heavy atom. The molecule has 134 valence electrons. The first-order chi connectivity index (χ1) is 12.7. The number of nitrogens with one attached hydrogen (secondary N) is 1. The third-order valence-electron chi connectivity index (χ3n) is 3.76. The number of benzene rings is 1. The van der Waals surface area contributed by atoms with Gasteiger partial charge in [0, 0.05) is 18.8 Å². The zero-order valence-corrected chi connectivity index (χ0v) is 14.5. The monoisotopic (exact) mass is 353 g/mol. The zero-order chi connectivity index (χ0) is 18.4. The van der Waals surface area contributed by atoms with Crippen molar-refractivity contribution in [3.05, 3.63) is 60.8 Å². The fourth-order valence-electron chi connectivity index (χ4n) is 2.21. The summed E-state index contributed by atoms with van der Waals surface area (Å²) in [6.07, 6.45) is 4.58. The van der Waals surface area contributed by atoms with Gasteiger partial charge in [-0.2, -0.15) is 5.10 Å². The zero-order valence-electron chi connectivity index (χ0n) is 14.5. The van der Waals surface area contributed by atoms with Gasteiger partial charge in [0.25, 0.3) is 0 Å². The van der Waals surface area contributed by atoms with Crippen LogP contribution in [0.2, 0.25) is 0 Å². The van der Waals surface area contributed by atoms with E-state index in [4.69, 9.17) is 9.47 Å². The first-order valence-electron chi connectivity index (χ1n) is 8.04. The average Bonchev–Trinajstić information content (AvgIpc) is 3.22. The van der Waals surface area contributed by atoms with Crippen molar-refractivity contribution in [1.82, 2.24) is 25.1 Å². The summed E-state index contributed by atoms with van der Waals surface area (Å²) >= 11 is 0. The predicted octanol–water partition coefficient (Wildman–Crippen LogP) is 2.35. The second kappa shape index (κ2) is 8.11. The van der Waals surface area contributed by atoms with Crippen molar-refractivity contribution >= 4 is 5.91 Å². The molecule has 0 saturated heterocycles. The number of carbonyl (C=O) groups excluding carboxylic acids is 1. The van der Waals surface area contributed by atoms with Gasteiger partial charge in [0.15, 0.2) is 0 Å². The van der Waals surface area contributed by atoms with Gasteiger partial charge in [-0.1, -0.05) is 6.07 Å². The smallest absolute Gasteiger partial charge is 0.244 e. The number of hydrogen-bond acceptors (Lipinski definition) is 6. The van der Waals surface area contributed by atoms with Crippen LogP contribution >= 0.6 is 0 Å². The van der Waals surface area contributed by atoms with Crippen molar-refractivity contribution in [3.63, 3.8) is 0 Å². The van der Waals surface area contributed by atoms with Crippen LogP contribution in [0.4, 0.5) is 0 Å². The fraction of sp³-hybridized carbons (Fsp3) is 0.222. The summed E-state index contributed by atoms with van der Waals surface area (Å²) in [6, 6.07) is 10.4. The highest BCUT2D eigenvalue weighted by Crippen LogP contribution is 2.22. The molecular formula is C18H19N5O3. The number of rotatable bonds is 7. The second-order valence-corrected chi connectivity index (χ2v) is 5.55. The highest BCUT2D eigenvalue weighted by molar-refractivity contribution is 5.79. The minimum atomic E-state index is -0.428. The molecule has 0 aliphatic rings. The van der Waals surface area contributed by atoms with Gasteiger partial charge in [0.1, 0.15) is 30.2 Å². The summed E-state index contributed by atoms with van der Waals surface area (Å²) in [7, 11) is 1.61. The Morgan fingerprint density at radius 1 is 1.19 bits per heavy atom. The van der Waals surface area contributed by atoms with E-state index >= 15 is 0 Å². The van der Waals surface area contributed by atoms with Crippen LogP contribution in [0.15, 0.2) is 55.2 Å². The molecule has 0 unspecified atom stereocenters. The fourth-order valence-corrected chi connectivity index (χ4v) is 2.21. The lowest BCUT2D eigenvalue weighted by Crippen LogP contribution is -2.30. The predicted molar refractivity (Wildman–Crippen MR) is 93.9 cm³/mol. The summed E-state index contributed by atoms with van der Waals surface area (Å²) in [5.41, 5.74) is 0.867. The molecule has 1 N–H and O–H groups in total. The number of amides is 1. The van der Waals surface area contributed by atoms with Gasteiger partial charge in [-0.3, -0.25) is 4.79 Å². The third-order valence-corrected chi connectivity index (χ3v) is 3.76. The van der Waals surface area contributed by atoms with Crippen LogP contribution in [-0.2, 0) is 11.3 Å². The maximum Gasteiger partial charge on any atom is 0.244 e. The average molecular weight is 353 g/mol. The van der Waals surface area contributed by atoms with E-state index in [9.17, 15) is 4.79 Å². The Hall–Kier alpha value is -3.42. The molecule has 0 saturated carbocycles. The van der Waals surface area contributed by atoms with Gasteiger partial charge in [-0.25, -0.2) is 14.6 Å². The van der Waals surface area contributed by atoms with Crippen LogP contribution < -0.4 is 14.8 Å². The Kier molecular flexibility index (Phi) is 5.43. The molecule has 0 bridgehead atoms. The summed E-state index contributed by atoms with van der Waals surface area (Å²) in [5, 5.41) is 6.81. The molecule has 1 aromatic carbocycles. The van der Waals surface area contributed by atoms with Crippen LogP contribution in [0.1, 0.15) is 18.5 Å². The summed E-state index contributed by atoms with van der Waals surface area (Å²) in [5.74, 6) is 1.76. The maximum atomic E-state index is 12.1. The molecule has 8 heteroatoms. The molecule has 8 nitrogen and oxygen atoms in total. The third kappa shape index (κ3) is 4.35. The molecule has 2 aromatic heterocycles. The van der Waals surface area contributed by atoms with Crippen molar-refractivity contribution in [2.45, 2.75) is 19.5 Å². The molecule has 0 spiro atoms. The molecule has 26 heavy (non-hydrogen) atoms. The first-order valence-corrected chi connectivity index (χ1v) is 8.04. The molecule has 0 radical (unpaired) electrons. The minimum absolute atomic E-state index is 0.144. The molecule has 3 aromatic rings. The lowest BCUT2D eigenvalue weighted by molar-refractivity contribution is -0.124. The summed E-state index contributed by atoms with van der Waals surface area (Å²) < 4.78 is 12.3. The SMILES string of the molecule is COc1ccc(Oc2ccc(CNC(=O)[C@H](C)n3cncn3)cn2)cc1. The van der Waals surface area contributed by atoms with E-state index in [0.717, 1.165) is 11.3 Å². The van der Waals surface area contributed by atoms with E-state index in [-0.39, 0.29) is 5.91 Å². The molecule has 3 rings (SSSR count). The van der Waals surface area contributed by atoms with E-state index in [1.807, 2.05) is 18.2 Å². The van der Waals surface area contributed by atoms with Crippen molar-refractivity contribution in [1.29, 1.82) is 0 Å². The molecule has 1 atom stereocenters. The Bertz CT molecular complexity index is 832. The van der Waals surface area contributed by atoms with Crippen LogP contribution in [0.3, 0.4) is 0 Å². The number of ether oxygens (including phenoxy) is 2. The van der Waals surface area contributed by atoms with Crippen molar-refractivity contribution < 1.29 is 14.3 Å². The Balaban J connectivity index is 1.53. The van der Waals surface area contributed by atoms with Crippen molar-refractivity contribution in [3.8, 4) is 17.4 Å². The molecule has 1 amide bonds. The van der Waals surface area contributed by atoms with Crippen LogP contribution in [0.25, 0.3) is 0 Å². The van der Waals surface area contributed by atoms with Gasteiger partial charge < -0.3 is 14.8 Å². The van der Waals surface area contributed by atoms with Crippen LogP contribution in [0, 0.1) is 0 Å². The van der Waals surface area contributed by atoms with Gasteiger partial charge in [-0.05, 0) is 36.8 Å². The molecule has 2 heterocycles. The molecule has 0 aliphatic carbocycles. The molecular weight excluding hydrogens is 334 g/mol. The summed E-state index contributed by atoms with van der Waals surface area (Å²) in [4.78, 5) is 20.2. The van der Waals surface area contributed by atoms with Gasteiger partial charge >= 0.3 is 0 Å². The number of hydrogen-bond donors (Lipinski definition) is 1. The number of pyridine rings is 1. The van der Waals surface area contributed by atoms with Crippen LogP contribution in [-0.4, -0.2) is 32.8 Å². The highest BCUT2D eigenvalue weighted by Gasteiger charge is 2.14. The lowest BCUT2D eigenvalue weighted by Gasteiger charge is -2.12.